The van der Waals surface area contributed by atoms with E-state index in [1.165, 1.54) is 24.4 Å². The number of para-hydroxylation sites is 1. The third-order valence-corrected chi connectivity index (χ3v) is 8.32. The van der Waals surface area contributed by atoms with Gasteiger partial charge in [0, 0.05) is 70.4 Å². The number of aryl methyl sites for hydroxylation is 2. The average Bonchev–Trinajstić information content (AvgIpc) is 3.76. The number of fused-ring (bicyclic) bond motifs is 9. The second-order valence-corrected chi connectivity index (χ2v) is 13.0. The molecular weight excluding hydrogens is 793 g/mol. The first kappa shape index (κ1) is 25.0. The van der Waals surface area contributed by atoms with Crippen molar-refractivity contribution in [3.05, 3.63) is 144 Å². The molecule has 5 heteroatoms. The maximum absolute atomic E-state index is 8.72. The Hall–Kier alpha value is -5.09. The molecule has 0 aliphatic carbocycles. The molecule has 1 radical (unpaired) electrons. The topological polar surface area (TPSA) is 52.1 Å². The first-order chi connectivity index (χ1) is 26.9. The Kier molecular flexibility index (Phi) is 6.65. The Labute approximate surface area is 316 Å². The summed E-state index contributed by atoms with van der Waals surface area (Å²) in [5.74, 6) is 0. The largest absolute Gasteiger partial charge is 0.500 e. The second-order valence-electron chi connectivity index (χ2n) is 13.0. The van der Waals surface area contributed by atoms with Gasteiger partial charge in [-0.2, -0.15) is 0 Å². The van der Waals surface area contributed by atoms with E-state index in [4.69, 9.17) is 19.8 Å². The number of hydrogen-bond donors (Lipinski definition) is 0. The van der Waals surface area contributed by atoms with E-state index in [1.807, 2.05) is 57.2 Å². The molecule has 9 rings (SSSR count). The van der Waals surface area contributed by atoms with E-state index in [0.717, 1.165) is 54.6 Å². The van der Waals surface area contributed by atoms with Crippen LogP contribution in [0.15, 0.2) is 124 Å². The summed E-state index contributed by atoms with van der Waals surface area (Å²) in [5, 5.41) is 6.15. The van der Waals surface area contributed by atoms with Gasteiger partial charge in [-0.25, -0.2) is 0 Å². The number of rotatable bonds is 3. The van der Waals surface area contributed by atoms with E-state index in [9.17, 15) is 0 Å². The summed E-state index contributed by atoms with van der Waals surface area (Å²) >= 11 is 0. The number of furan rings is 2. The van der Waals surface area contributed by atoms with Crippen molar-refractivity contribution >= 4 is 54.6 Å². The van der Waals surface area contributed by atoms with Crippen LogP contribution in [0.4, 0.5) is 0 Å². The molecule has 0 aliphatic rings. The smallest absolute Gasteiger partial charge is 0.143 e. The molecule has 0 aliphatic heterocycles. The van der Waals surface area contributed by atoms with E-state index in [2.05, 4.69) is 52.4 Å². The van der Waals surface area contributed by atoms with Gasteiger partial charge in [0.1, 0.15) is 16.7 Å². The van der Waals surface area contributed by atoms with E-state index in [0.29, 0.717) is 28.1 Å². The van der Waals surface area contributed by atoms with Crippen molar-refractivity contribution in [3.8, 4) is 22.5 Å². The summed E-state index contributed by atoms with van der Waals surface area (Å²) in [6.45, 7) is 1.38. The van der Waals surface area contributed by atoms with E-state index >= 15 is 0 Å². The Morgan fingerprint density at radius 2 is 1.38 bits per heavy atom. The summed E-state index contributed by atoms with van der Waals surface area (Å²) in [5.41, 5.74) is 6.13. The summed E-state index contributed by atoms with van der Waals surface area (Å²) in [7, 11) is 0. The van der Waals surface area contributed by atoms with Gasteiger partial charge in [0.15, 0.2) is 0 Å². The SMILES string of the molecule is [2H]C([2H])([2H])c1c[c-]c(-c2ccc(C([2H])([2H])[2H])cn2)cc1.[2H]C([2H])(c1ccnc(-c2[c-]ccc3c2oc2c3ccc3c2ccc2c4ccccc4oc23)c1)C(C)(C)C.[Ir]. The predicted octanol–water partition coefficient (Wildman–Crippen LogP) is 12.3. The monoisotopic (exact) mass is 837 g/mol. The fourth-order valence-corrected chi connectivity index (χ4v) is 6.19. The minimum atomic E-state index is -2.18. The third kappa shape index (κ3) is 6.35. The van der Waals surface area contributed by atoms with Crippen LogP contribution in [-0.4, -0.2) is 9.97 Å². The molecule has 50 heavy (non-hydrogen) atoms. The summed E-state index contributed by atoms with van der Waals surface area (Å²) in [4.78, 5) is 8.66. The third-order valence-electron chi connectivity index (χ3n) is 8.32. The summed E-state index contributed by atoms with van der Waals surface area (Å²) in [6.07, 6.45) is 1.44. The van der Waals surface area contributed by atoms with Crippen molar-refractivity contribution in [1.82, 2.24) is 9.97 Å². The van der Waals surface area contributed by atoms with Crippen LogP contribution < -0.4 is 0 Å². The zero-order valence-corrected chi connectivity index (χ0v) is 29.9. The molecule has 0 unspecified atom stereocenters. The predicted molar refractivity (Wildman–Crippen MR) is 202 cm³/mol. The molecule has 4 aromatic heterocycles. The van der Waals surface area contributed by atoms with Gasteiger partial charge >= 0.3 is 0 Å². The van der Waals surface area contributed by atoms with Gasteiger partial charge in [-0.15, -0.1) is 53.6 Å². The van der Waals surface area contributed by atoms with Crippen LogP contribution in [0.25, 0.3) is 77.2 Å². The van der Waals surface area contributed by atoms with Crippen molar-refractivity contribution < 1.29 is 39.9 Å². The van der Waals surface area contributed by atoms with Gasteiger partial charge in [0.05, 0.1) is 5.58 Å². The quantitative estimate of drug-likeness (QED) is 0.166. The molecule has 0 saturated heterocycles. The number of nitrogens with zero attached hydrogens (tertiary/aromatic N) is 2. The molecule has 0 spiro atoms. The molecule has 4 heterocycles. The van der Waals surface area contributed by atoms with E-state index in [-0.39, 0.29) is 31.2 Å². The van der Waals surface area contributed by atoms with Gasteiger partial charge < -0.3 is 18.8 Å². The van der Waals surface area contributed by atoms with Crippen LogP contribution in [0.3, 0.4) is 0 Å². The first-order valence-corrected chi connectivity index (χ1v) is 16.0. The zero-order valence-electron chi connectivity index (χ0n) is 35.5. The molecule has 0 bridgehead atoms. The molecule has 5 aromatic carbocycles. The first-order valence-electron chi connectivity index (χ1n) is 20.0. The van der Waals surface area contributed by atoms with Gasteiger partial charge in [-0.05, 0) is 65.9 Å². The number of benzene rings is 5. The fraction of sp³-hybridized carbons (Fsp3) is 0.156. The van der Waals surface area contributed by atoms with Crippen LogP contribution in [-0.2, 0) is 26.5 Å². The number of aromatic nitrogens is 2. The van der Waals surface area contributed by atoms with Crippen molar-refractivity contribution in [3.63, 3.8) is 0 Å². The molecule has 249 valence electrons. The molecule has 0 fully saturated rings. The molecule has 0 N–H and O–H groups in total. The van der Waals surface area contributed by atoms with Crippen molar-refractivity contribution in [1.29, 1.82) is 0 Å². The summed E-state index contributed by atoms with van der Waals surface area (Å²) in [6, 6.07) is 37.7. The Balaban J connectivity index is 0.000000208. The van der Waals surface area contributed by atoms with Crippen molar-refractivity contribution in [2.24, 2.45) is 5.41 Å². The van der Waals surface area contributed by atoms with Crippen molar-refractivity contribution in [2.45, 2.75) is 40.8 Å². The maximum atomic E-state index is 8.72. The molecule has 0 saturated carbocycles. The van der Waals surface area contributed by atoms with Gasteiger partial charge in [0.2, 0.25) is 0 Å². The van der Waals surface area contributed by atoms with Gasteiger partial charge in [0.25, 0.3) is 0 Å². The van der Waals surface area contributed by atoms with Crippen LogP contribution in [0.2, 0.25) is 0 Å². The molecule has 4 nitrogen and oxygen atoms in total. The van der Waals surface area contributed by atoms with Gasteiger partial charge in [-0.3, -0.25) is 0 Å². The zero-order chi connectivity index (χ0) is 40.5. The minimum Gasteiger partial charge on any atom is -0.500 e. The molecule has 9 aromatic rings. The molecular formula is C45H36IrN2O2-2. The molecule has 0 atom stereocenters. The standard InChI is InChI=1S/C32H24NO2.C13H12N.Ir/c1-32(2,3)18-19-15-16-33-27(17-19)26-9-6-8-21-23-13-14-24-25(30(23)35-31(21)26)12-11-22-20-7-4-5-10-28(20)34-29(22)24;1-10-3-6-12(7-4-10)13-8-5-11(2)9-14-13;/h4-8,10-17H,18H2,1-3H3;3-6,8-9H,1-2H3;/q2*-1;/i18D2;1D3,2D3;. The Morgan fingerprint density at radius 3 is 2.06 bits per heavy atom. The number of hydrogen-bond acceptors (Lipinski definition) is 4. The van der Waals surface area contributed by atoms with Crippen molar-refractivity contribution in [2.75, 3.05) is 0 Å². The van der Waals surface area contributed by atoms with E-state index < -0.39 is 25.5 Å². The Morgan fingerprint density at radius 1 is 0.680 bits per heavy atom. The normalized spacial score (nSPS) is 14.8. The van der Waals surface area contributed by atoms with Crippen LogP contribution >= 0.6 is 0 Å². The second kappa shape index (κ2) is 13.3. The number of pyridine rings is 2. The fourth-order valence-electron chi connectivity index (χ4n) is 6.19. The molecule has 0 amide bonds. The minimum absolute atomic E-state index is 0. The van der Waals surface area contributed by atoms with Crippen LogP contribution in [0.5, 0.6) is 0 Å². The summed E-state index contributed by atoms with van der Waals surface area (Å²) < 4.78 is 73.9. The Bertz CT molecular complexity index is 2890. The van der Waals surface area contributed by atoms with Gasteiger partial charge in [-0.1, -0.05) is 86.6 Å². The van der Waals surface area contributed by atoms with Crippen LogP contribution in [0, 0.1) is 31.3 Å². The van der Waals surface area contributed by atoms with Crippen LogP contribution in [0.1, 0.15) is 48.4 Å². The maximum Gasteiger partial charge on any atom is 0.143 e. The average molecular weight is 837 g/mol. The van der Waals surface area contributed by atoms with E-state index in [1.54, 1.807) is 24.4 Å².